The normalized spacial score (nSPS) is 11.9. The summed E-state index contributed by atoms with van der Waals surface area (Å²) in [5, 5.41) is 0.859. The number of fused-ring (bicyclic) bond motifs is 1. The van der Waals surface area contributed by atoms with E-state index in [-0.39, 0.29) is 5.78 Å². The molecule has 0 saturated heterocycles. The van der Waals surface area contributed by atoms with Crippen LogP contribution in [-0.2, 0) is 11.2 Å². The highest BCUT2D eigenvalue weighted by Gasteiger charge is 2.30. The Morgan fingerprint density at radius 2 is 2.00 bits per heavy atom. The average molecular weight is 262 g/mol. The van der Waals surface area contributed by atoms with E-state index < -0.39 is 5.54 Å². The van der Waals surface area contributed by atoms with Gasteiger partial charge in [-0.25, -0.2) is 4.98 Å². The predicted molar refractivity (Wildman–Crippen MR) is 75.8 cm³/mol. The Morgan fingerprint density at radius 1 is 1.33 bits per heavy atom. The molecule has 1 aromatic carbocycles. The Kier molecular flexibility index (Phi) is 3.78. The standard InChI is InChI=1S/C14H18N2OS/c1-3-14(15,4-2)12(17)9-13-16-10-7-5-6-8-11(10)18-13/h5-8H,3-4,9,15H2,1-2H3. The first-order valence-corrected chi connectivity index (χ1v) is 7.07. The molecule has 0 atom stereocenters. The maximum Gasteiger partial charge on any atom is 0.159 e. The number of aromatic nitrogens is 1. The molecule has 1 heterocycles. The molecule has 1 aromatic heterocycles. The second-order valence-corrected chi connectivity index (χ2v) is 5.65. The van der Waals surface area contributed by atoms with Gasteiger partial charge in [0.1, 0.15) is 5.01 Å². The molecule has 96 valence electrons. The zero-order valence-corrected chi connectivity index (χ0v) is 11.6. The summed E-state index contributed by atoms with van der Waals surface area (Å²) in [4.78, 5) is 16.7. The first-order chi connectivity index (χ1) is 8.59. The fourth-order valence-electron chi connectivity index (χ4n) is 1.95. The third-order valence-electron chi connectivity index (χ3n) is 3.47. The Balaban J connectivity index is 2.21. The molecule has 3 nitrogen and oxygen atoms in total. The zero-order chi connectivity index (χ0) is 13.2. The molecule has 0 radical (unpaired) electrons. The van der Waals surface area contributed by atoms with E-state index in [0.29, 0.717) is 19.3 Å². The Morgan fingerprint density at radius 3 is 2.61 bits per heavy atom. The third-order valence-corrected chi connectivity index (χ3v) is 4.50. The molecule has 0 aliphatic rings. The third kappa shape index (κ3) is 2.44. The van der Waals surface area contributed by atoms with Crippen LogP contribution in [0.15, 0.2) is 24.3 Å². The quantitative estimate of drug-likeness (QED) is 0.901. The van der Waals surface area contributed by atoms with E-state index in [0.717, 1.165) is 15.2 Å². The summed E-state index contributed by atoms with van der Waals surface area (Å²) in [5.74, 6) is 0.0894. The maximum atomic E-state index is 12.2. The van der Waals surface area contributed by atoms with Crippen LogP contribution in [0.1, 0.15) is 31.7 Å². The van der Waals surface area contributed by atoms with Crippen LogP contribution in [0.2, 0.25) is 0 Å². The molecule has 0 amide bonds. The van der Waals surface area contributed by atoms with Crippen molar-refractivity contribution in [1.29, 1.82) is 0 Å². The highest BCUT2D eigenvalue weighted by molar-refractivity contribution is 7.18. The summed E-state index contributed by atoms with van der Waals surface area (Å²) in [6.45, 7) is 3.92. The number of hydrogen-bond acceptors (Lipinski definition) is 4. The molecular weight excluding hydrogens is 244 g/mol. The van der Waals surface area contributed by atoms with Gasteiger partial charge in [-0.3, -0.25) is 4.79 Å². The number of carbonyl (C=O) groups is 1. The number of Topliss-reactive ketones (excluding diaryl/α,β-unsaturated/α-hetero) is 1. The average Bonchev–Trinajstić information content (AvgIpc) is 2.79. The van der Waals surface area contributed by atoms with Crippen molar-refractivity contribution >= 4 is 27.3 Å². The van der Waals surface area contributed by atoms with Crippen LogP contribution in [-0.4, -0.2) is 16.3 Å². The number of nitrogens with two attached hydrogens (primary N) is 1. The molecule has 2 rings (SSSR count). The van der Waals surface area contributed by atoms with Gasteiger partial charge in [0.2, 0.25) is 0 Å². The minimum atomic E-state index is -0.697. The van der Waals surface area contributed by atoms with E-state index in [9.17, 15) is 4.79 Å². The Hall–Kier alpha value is -1.26. The molecule has 0 spiro atoms. The summed E-state index contributed by atoms with van der Waals surface area (Å²) in [6, 6.07) is 7.93. The first kappa shape index (κ1) is 13.2. The van der Waals surface area contributed by atoms with Gasteiger partial charge in [-0.15, -0.1) is 11.3 Å². The van der Waals surface area contributed by atoms with Gasteiger partial charge < -0.3 is 5.73 Å². The lowest BCUT2D eigenvalue weighted by Crippen LogP contribution is -2.47. The molecule has 0 unspecified atom stereocenters. The van der Waals surface area contributed by atoms with E-state index >= 15 is 0 Å². The number of rotatable bonds is 5. The van der Waals surface area contributed by atoms with Gasteiger partial charge in [0.25, 0.3) is 0 Å². The van der Waals surface area contributed by atoms with E-state index in [1.165, 1.54) is 0 Å². The Bertz CT molecular complexity index is 525. The summed E-state index contributed by atoms with van der Waals surface area (Å²) >= 11 is 1.58. The molecule has 0 aliphatic carbocycles. The number of thiazole rings is 1. The van der Waals surface area contributed by atoms with Crippen LogP contribution >= 0.6 is 11.3 Å². The van der Waals surface area contributed by atoms with Gasteiger partial charge >= 0.3 is 0 Å². The topological polar surface area (TPSA) is 56.0 Å². The molecule has 2 aromatic rings. The lowest BCUT2D eigenvalue weighted by atomic mass is 9.88. The molecular formula is C14H18N2OS. The summed E-state index contributed by atoms with van der Waals surface area (Å²) in [6.07, 6.45) is 1.69. The second-order valence-electron chi connectivity index (χ2n) is 4.54. The monoisotopic (exact) mass is 262 g/mol. The SMILES string of the molecule is CCC(N)(CC)C(=O)Cc1nc2ccccc2s1. The van der Waals surface area contributed by atoms with Crippen molar-refractivity contribution in [3.63, 3.8) is 0 Å². The fourth-order valence-corrected chi connectivity index (χ4v) is 2.92. The van der Waals surface area contributed by atoms with Crippen LogP contribution in [0.5, 0.6) is 0 Å². The minimum absolute atomic E-state index is 0.0894. The van der Waals surface area contributed by atoms with Gasteiger partial charge in [0, 0.05) is 0 Å². The van der Waals surface area contributed by atoms with Crippen LogP contribution in [0.4, 0.5) is 0 Å². The van der Waals surface area contributed by atoms with Gasteiger partial charge in [-0.05, 0) is 25.0 Å². The van der Waals surface area contributed by atoms with E-state index in [4.69, 9.17) is 5.73 Å². The Labute approximate surface area is 111 Å². The van der Waals surface area contributed by atoms with Crippen LogP contribution in [0, 0.1) is 0 Å². The molecule has 4 heteroatoms. The molecule has 2 N–H and O–H groups in total. The fraction of sp³-hybridized carbons (Fsp3) is 0.429. The van der Waals surface area contributed by atoms with Crippen molar-refractivity contribution in [3.05, 3.63) is 29.3 Å². The lowest BCUT2D eigenvalue weighted by Gasteiger charge is -2.24. The van der Waals surface area contributed by atoms with Crippen molar-refractivity contribution in [2.75, 3.05) is 0 Å². The van der Waals surface area contributed by atoms with Gasteiger partial charge in [-0.2, -0.15) is 0 Å². The molecule has 0 fully saturated rings. The second kappa shape index (κ2) is 5.16. The van der Waals surface area contributed by atoms with E-state index in [2.05, 4.69) is 4.98 Å². The van der Waals surface area contributed by atoms with Crippen molar-refractivity contribution in [2.24, 2.45) is 5.73 Å². The lowest BCUT2D eigenvalue weighted by molar-refractivity contribution is -0.123. The highest BCUT2D eigenvalue weighted by Crippen LogP contribution is 2.24. The van der Waals surface area contributed by atoms with Crippen molar-refractivity contribution < 1.29 is 4.79 Å². The van der Waals surface area contributed by atoms with Gasteiger partial charge in [0.05, 0.1) is 22.2 Å². The van der Waals surface area contributed by atoms with Gasteiger partial charge in [0.15, 0.2) is 5.78 Å². The smallest absolute Gasteiger partial charge is 0.159 e. The first-order valence-electron chi connectivity index (χ1n) is 6.25. The summed E-state index contributed by atoms with van der Waals surface area (Å²) in [5.41, 5.74) is 6.37. The number of carbonyl (C=O) groups excluding carboxylic acids is 1. The predicted octanol–water partition coefficient (Wildman–Crippen LogP) is 2.93. The van der Waals surface area contributed by atoms with Crippen LogP contribution < -0.4 is 5.73 Å². The van der Waals surface area contributed by atoms with Crippen molar-refractivity contribution in [3.8, 4) is 0 Å². The molecule has 0 saturated carbocycles. The van der Waals surface area contributed by atoms with Gasteiger partial charge in [-0.1, -0.05) is 26.0 Å². The molecule has 0 aliphatic heterocycles. The number of para-hydroxylation sites is 1. The summed E-state index contributed by atoms with van der Waals surface area (Å²) in [7, 11) is 0. The van der Waals surface area contributed by atoms with E-state index in [1.807, 2.05) is 38.1 Å². The number of ketones is 1. The molecule has 0 bridgehead atoms. The minimum Gasteiger partial charge on any atom is -0.319 e. The largest absolute Gasteiger partial charge is 0.319 e. The van der Waals surface area contributed by atoms with Crippen molar-refractivity contribution in [1.82, 2.24) is 4.98 Å². The van der Waals surface area contributed by atoms with Crippen LogP contribution in [0.25, 0.3) is 10.2 Å². The summed E-state index contributed by atoms with van der Waals surface area (Å²) < 4.78 is 1.12. The number of nitrogens with zero attached hydrogens (tertiary/aromatic N) is 1. The number of benzene rings is 1. The number of hydrogen-bond donors (Lipinski definition) is 1. The van der Waals surface area contributed by atoms with Crippen molar-refractivity contribution in [2.45, 2.75) is 38.6 Å². The maximum absolute atomic E-state index is 12.2. The molecule has 18 heavy (non-hydrogen) atoms. The van der Waals surface area contributed by atoms with E-state index in [1.54, 1.807) is 11.3 Å². The zero-order valence-electron chi connectivity index (χ0n) is 10.8. The van der Waals surface area contributed by atoms with Crippen LogP contribution in [0.3, 0.4) is 0 Å². The highest BCUT2D eigenvalue weighted by atomic mass is 32.1.